The van der Waals surface area contributed by atoms with Crippen molar-refractivity contribution in [3.05, 3.63) is 71.7 Å². The number of pyridine rings is 1. The summed E-state index contributed by atoms with van der Waals surface area (Å²) in [4.78, 5) is 18.0. The first-order valence-electron chi connectivity index (χ1n) is 12.2. The summed E-state index contributed by atoms with van der Waals surface area (Å²) >= 11 is 0. The Labute approximate surface area is 194 Å². The van der Waals surface area contributed by atoms with Crippen LogP contribution in [0.5, 0.6) is 0 Å². The number of rotatable bonds is 5. The third kappa shape index (κ3) is 3.50. The smallest absolute Gasteiger partial charge is 0.272 e. The molecule has 33 heavy (non-hydrogen) atoms. The summed E-state index contributed by atoms with van der Waals surface area (Å²) in [6.45, 7) is 5.12. The van der Waals surface area contributed by atoms with Crippen molar-refractivity contribution in [2.45, 2.75) is 58.5 Å². The van der Waals surface area contributed by atoms with Crippen molar-refractivity contribution in [3.8, 4) is 0 Å². The molecule has 2 aromatic heterocycles. The van der Waals surface area contributed by atoms with Crippen LogP contribution in [0, 0.1) is 11.3 Å². The van der Waals surface area contributed by atoms with E-state index in [1.54, 1.807) is 0 Å². The van der Waals surface area contributed by atoms with Crippen molar-refractivity contribution in [2.24, 2.45) is 11.3 Å². The largest absolute Gasteiger partial charge is 0.348 e. The molecule has 1 amide bonds. The van der Waals surface area contributed by atoms with E-state index in [1.807, 2.05) is 16.9 Å². The fraction of sp³-hybridized carbons (Fsp3) is 0.393. The molecule has 1 N–H and O–H groups in total. The molecule has 2 aliphatic carbocycles. The molecule has 0 unspecified atom stereocenters. The van der Waals surface area contributed by atoms with Gasteiger partial charge in [-0.3, -0.25) is 14.5 Å². The van der Waals surface area contributed by atoms with E-state index in [9.17, 15) is 4.79 Å². The lowest BCUT2D eigenvalue weighted by molar-refractivity contribution is -0.0399. The van der Waals surface area contributed by atoms with Crippen molar-refractivity contribution in [1.29, 1.82) is 0 Å². The van der Waals surface area contributed by atoms with E-state index < -0.39 is 0 Å². The molecule has 5 heteroatoms. The van der Waals surface area contributed by atoms with Gasteiger partial charge in [0.15, 0.2) is 5.69 Å². The molecule has 0 aliphatic heterocycles. The van der Waals surface area contributed by atoms with Crippen molar-refractivity contribution in [3.63, 3.8) is 0 Å². The molecular formula is C28H30N4O. The van der Waals surface area contributed by atoms with Gasteiger partial charge in [0.2, 0.25) is 0 Å². The highest BCUT2D eigenvalue weighted by molar-refractivity contribution is 6.06. The van der Waals surface area contributed by atoms with Gasteiger partial charge in [0.05, 0.1) is 5.52 Å². The van der Waals surface area contributed by atoms with Crippen LogP contribution < -0.4 is 5.32 Å². The lowest BCUT2D eigenvalue weighted by Gasteiger charge is -2.57. The normalized spacial score (nSPS) is 24.1. The van der Waals surface area contributed by atoms with Crippen molar-refractivity contribution >= 4 is 27.6 Å². The number of fused-ring (bicyclic) bond motifs is 2. The van der Waals surface area contributed by atoms with Gasteiger partial charge >= 0.3 is 0 Å². The van der Waals surface area contributed by atoms with E-state index in [1.165, 1.54) is 18.2 Å². The molecular weight excluding hydrogens is 408 g/mol. The summed E-state index contributed by atoms with van der Waals surface area (Å²) in [5, 5.41) is 11.3. The molecule has 4 aromatic rings. The van der Waals surface area contributed by atoms with Crippen LogP contribution >= 0.6 is 0 Å². The first-order valence-corrected chi connectivity index (χ1v) is 12.2. The van der Waals surface area contributed by atoms with E-state index in [0.29, 0.717) is 17.5 Å². The quantitative estimate of drug-likeness (QED) is 0.447. The van der Waals surface area contributed by atoms with E-state index in [2.05, 4.69) is 61.6 Å². The number of carbonyl (C=O) groups is 1. The zero-order valence-electron chi connectivity index (χ0n) is 19.3. The molecule has 2 aliphatic rings. The lowest BCUT2D eigenvalue weighted by atomic mass is 9.50. The van der Waals surface area contributed by atoms with Gasteiger partial charge in [-0.15, -0.1) is 0 Å². The minimum Gasteiger partial charge on any atom is -0.348 e. The van der Waals surface area contributed by atoms with Gasteiger partial charge in [0.25, 0.3) is 5.91 Å². The van der Waals surface area contributed by atoms with Crippen molar-refractivity contribution < 1.29 is 4.79 Å². The SMILES string of the molecule is CCn1nc(C(=O)NC2CC3(CC(C)C3)C2)c2c(Cc3cc4ccccc4cn3)cccc21. The lowest BCUT2D eigenvalue weighted by Crippen LogP contribution is -2.55. The third-order valence-corrected chi connectivity index (χ3v) is 7.70. The number of nitrogens with one attached hydrogen (secondary N) is 1. The molecule has 2 aromatic carbocycles. The molecule has 0 saturated heterocycles. The second kappa shape index (κ2) is 7.68. The van der Waals surface area contributed by atoms with Gasteiger partial charge in [-0.2, -0.15) is 5.10 Å². The number of aryl methyl sites for hydroxylation is 1. The first kappa shape index (κ1) is 20.4. The number of carbonyl (C=O) groups excluding carboxylic acids is 1. The van der Waals surface area contributed by atoms with Crippen LogP contribution in [0.25, 0.3) is 21.7 Å². The highest BCUT2D eigenvalue weighted by Crippen LogP contribution is 2.58. The minimum absolute atomic E-state index is 0.0432. The molecule has 168 valence electrons. The number of nitrogens with zero attached hydrogens (tertiary/aromatic N) is 3. The second-order valence-corrected chi connectivity index (χ2v) is 10.3. The van der Waals surface area contributed by atoms with Crippen LogP contribution in [-0.2, 0) is 13.0 Å². The Morgan fingerprint density at radius 3 is 2.64 bits per heavy atom. The Bertz CT molecular complexity index is 1360. The molecule has 1 spiro atoms. The van der Waals surface area contributed by atoms with Crippen LogP contribution in [-0.4, -0.2) is 26.7 Å². The standard InChI is InChI=1S/C28H30N4O/c1-3-32-24-10-6-9-20(12-22-11-19-7-4-5-8-21(19)17-29-22)25(24)26(31-32)27(33)30-23-15-28(16-23)13-18(2)14-28/h4-11,17-18,23H,3,12-16H2,1-2H3,(H,30,33). The molecule has 2 heterocycles. The number of hydrogen-bond donors (Lipinski definition) is 1. The predicted molar refractivity (Wildman–Crippen MR) is 131 cm³/mol. The van der Waals surface area contributed by atoms with E-state index >= 15 is 0 Å². The molecule has 0 atom stereocenters. The minimum atomic E-state index is -0.0432. The summed E-state index contributed by atoms with van der Waals surface area (Å²) in [6, 6.07) is 16.9. The Hall–Kier alpha value is -3.21. The van der Waals surface area contributed by atoms with E-state index in [4.69, 9.17) is 10.1 Å². The fourth-order valence-corrected chi connectivity index (χ4v) is 6.36. The van der Waals surface area contributed by atoms with Gasteiger partial charge < -0.3 is 5.32 Å². The zero-order chi connectivity index (χ0) is 22.6. The molecule has 0 bridgehead atoms. The van der Waals surface area contributed by atoms with Crippen LogP contribution in [0.3, 0.4) is 0 Å². The Morgan fingerprint density at radius 2 is 1.88 bits per heavy atom. The maximum Gasteiger partial charge on any atom is 0.272 e. The number of benzene rings is 2. The van der Waals surface area contributed by atoms with E-state index in [0.717, 1.165) is 52.9 Å². The summed E-state index contributed by atoms with van der Waals surface area (Å²) in [7, 11) is 0. The summed E-state index contributed by atoms with van der Waals surface area (Å²) in [6.07, 6.45) is 7.46. The van der Waals surface area contributed by atoms with Gasteiger partial charge in [0.1, 0.15) is 0 Å². The first-order chi connectivity index (χ1) is 16.0. The Morgan fingerprint density at radius 1 is 1.09 bits per heavy atom. The van der Waals surface area contributed by atoms with Crippen LogP contribution in [0.1, 0.15) is 61.3 Å². The average Bonchev–Trinajstić information content (AvgIpc) is 3.16. The Kier molecular flexibility index (Phi) is 4.75. The van der Waals surface area contributed by atoms with Crippen LogP contribution in [0.15, 0.2) is 54.7 Å². The topological polar surface area (TPSA) is 59.8 Å². The monoisotopic (exact) mass is 438 g/mol. The van der Waals surface area contributed by atoms with Gasteiger partial charge in [-0.05, 0) is 67.0 Å². The summed E-state index contributed by atoms with van der Waals surface area (Å²) in [5.41, 5.74) is 4.16. The number of amides is 1. The Balaban J connectivity index is 1.31. The molecule has 6 rings (SSSR count). The number of aromatic nitrogens is 3. The fourth-order valence-electron chi connectivity index (χ4n) is 6.36. The van der Waals surface area contributed by atoms with Gasteiger partial charge in [-0.1, -0.05) is 43.3 Å². The summed E-state index contributed by atoms with van der Waals surface area (Å²) in [5.74, 6) is 0.801. The highest BCUT2D eigenvalue weighted by atomic mass is 16.2. The molecule has 2 fully saturated rings. The average molecular weight is 439 g/mol. The highest BCUT2D eigenvalue weighted by Gasteiger charge is 2.51. The molecule has 0 radical (unpaired) electrons. The maximum absolute atomic E-state index is 13.3. The van der Waals surface area contributed by atoms with Crippen molar-refractivity contribution in [1.82, 2.24) is 20.1 Å². The van der Waals surface area contributed by atoms with Gasteiger partial charge in [-0.25, -0.2) is 0 Å². The van der Waals surface area contributed by atoms with Crippen LogP contribution in [0.4, 0.5) is 0 Å². The van der Waals surface area contributed by atoms with E-state index in [-0.39, 0.29) is 11.9 Å². The number of hydrogen-bond acceptors (Lipinski definition) is 3. The molecule has 5 nitrogen and oxygen atoms in total. The summed E-state index contributed by atoms with van der Waals surface area (Å²) < 4.78 is 1.94. The van der Waals surface area contributed by atoms with Gasteiger partial charge in [0, 0.05) is 41.7 Å². The maximum atomic E-state index is 13.3. The molecule has 2 saturated carbocycles. The van der Waals surface area contributed by atoms with Crippen molar-refractivity contribution in [2.75, 3.05) is 0 Å². The predicted octanol–water partition coefficient (Wildman–Crippen LogP) is 5.50. The third-order valence-electron chi connectivity index (χ3n) is 7.70. The van der Waals surface area contributed by atoms with Crippen LogP contribution in [0.2, 0.25) is 0 Å². The second-order valence-electron chi connectivity index (χ2n) is 10.3. The zero-order valence-corrected chi connectivity index (χ0v) is 19.3.